The van der Waals surface area contributed by atoms with E-state index < -0.39 is 11.9 Å². The monoisotopic (exact) mass is 401 g/mol. The third-order valence-electron chi connectivity index (χ3n) is 4.05. The lowest BCUT2D eigenvalue weighted by Gasteiger charge is -2.18. The van der Waals surface area contributed by atoms with E-state index in [1.54, 1.807) is 36.4 Å². The van der Waals surface area contributed by atoms with Crippen molar-refractivity contribution < 1.29 is 23.8 Å². The van der Waals surface area contributed by atoms with E-state index in [1.165, 1.54) is 6.08 Å². The highest BCUT2D eigenvalue weighted by atomic mass is 35.5. The Morgan fingerprint density at radius 2 is 1.96 bits per heavy atom. The van der Waals surface area contributed by atoms with Gasteiger partial charge in [-0.1, -0.05) is 29.8 Å². The molecule has 0 saturated heterocycles. The summed E-state index contributed by atoms with van der Waals surface area (Å²) in [5.41, 5.74) is 1.63. The third kappa shape index (κ3) is 5.50. The Morgan fingerprint density at radius 3 is 2.75 bits per heavy atom. The molecule has 146 valence electrons. The van der Waals surface area contributed by atoms with Crippen LogP contribution < -0.4 is 14.8 Å². The lowest BCUT2D eigenvalue weighted by Crippen LogP contribution is -2.30. The van der Waals surface area contributed by atoms with Gasteiger partial charge in [-0.2, -0.15) is 0 Å². The molecular formula is C21H20ClNO5. The molecule has 1 aliphatic heterocycles. The number of nitrogens with one attached hydrogen (secondary N) is 1. The second-order valence-corrected chi connectivity index (χ2v) is 6.62. The summed E-state index contributed by atoms with van der Waals surface area (Å²) in [4.78, 5) is 23.8. The number of amides is 1. The molecule has 0 unspecified atom stereocenters. The Hall–Kier alpha value is -2.99. The zero-order valence-corrected chi connectivity index (χ0v) is 16.1. The maximum atomic E-state index is 12.0. The van der Waals surface area contributed by atoms with Crippen LogP contribution in [-0.4, -0.2) is 31.7 Å². The number of hydrogen-bond donors (Lipinski definition) is 1. The van der Waals surface area contributed by atoms with Crippen molar-refractivity contribution >= 4 is 29.6 Å². The molecule has 0 radical (unpaired) electrons. The van der Waals surface area contributed by atoms with Gasteiger partial charge in [0, 0.05) is 11.1 Å². The Bertz CT molecular complexity index is 896. The highest BCUT2D eigenvalue weighted by Crippen LogP contribution is 2.31. The largest absolute Gasteiger partial charge is 0.486 e. The summed E-state index contributed by atoms with van der Waals surface area (Å²) in [5.74, 6) is 0.307. The minimum atomic E-state index is -0.611. The van der Waals surface area contributed by atoms with Crippen LogP contribution in [0.2, 0.25) is 5.02 Å². The van der Waals surface area contributed by atoms with Crippen molar-refractivity contribution in [3.05, 3.63) is 64.7 Å². The van der Waals surface area contributed by atoms with Crippen molar-refractivity contribution in [1.82, 2.24) is 5.32 Å². The van der Waals surface area contributed by atoms with Crippen molar-refractivity contribution in [3.63, 3.8) is 0 Å². The molecule has 1 amide bonds. The van der Waals surface area contributed by atoms with Gasteiger partial charge in [-0.15, -0.1) is 0 Å². The first-order chi connectivity index (χ1) is 13.5. The normalized spacial score (nSPS) is 13.8. The summed E-state index contributed by atoms with van der Waals surface area (Å²) < 4.78 is 15.9. The lowest BCUT2D eigenvalue weighted by molar-refractivity contribution is -0.144. The summed E-state index contributed by atoms with van der Waals surface area (Å²) in [5, 5.41) is 3.35. The fourth-order valence-electron chi connectivity index (χ4n) is 2.66. The number of fused-ring (bicyclic) bond motifs is 1. The minimum absolute atomic E-state index is 0.252. The Morgan fingerprint density at radius 1 is 1.18 bits per heavy atom. The minimum Gasteiger partial charge on any atom is -0.486 e. The Kier molecular flexibility index (Phi) is 6.55. The van der Waals surface area contributed by atoms with Gasteiger partial charge >= 0.3 is 5.97 Å². The first-order valence-electron chi connectivity index (χ1n) is 8.80. The summed E-state index contributed by atoms with van der Waals surface area (Å²) >= 11 is 5.95. The first-order valence-corrected chi connectivity index (χ1v) is 9.18. The number of carbonyl (C=O) groups excluding carboxylic acids is 2. The molecular weight excluding hydrogens is 382 g/mol. The van der Waals surface area contributed by atoms with E-state index in [-0.39, 0.29) is 12.6 Å². The number of benzene rings is 2. The summed E-state index contributed by atoms with van der Waals surface area (Å²) in [7, 11) is 0. The molecule has 2 aromatic rings. The second-order valence-electron chi connectivity index (χ2n) is 6.19. The molecule has 1 atom stereocenters. The van der Waals surface area contributed by atoms with E-state index in [2.05, 4.69) is 5.32 Å². The van der Waals surface area contributed by atoms with E-state index in [4.69, 9.17) is 25.8 Å². The zero-order chi connectivity index (χ0) is 19.9. The lowest BCUT2D eigenvalue weighted by atomic mass is 10.1. The van der Waals surface area contributed by atoms with Gasteiger partial charge < -0.3 is 19.5 Å². The molecule has 1 N–H and O–H groups in total. The molecule has 3 rings (SSSR count). The molecule has 7 heteroatoms. The molecule has 0 fully saturated rings. The maximum absolute atomic E-state index is 12.0. The predicted molar refractivity (Wildman–Crippen MR) is 105 cm³/mol. The van der Waals surface area contributed by atoms with Crippen molar-refractivity contribution in [3.8, 4) is 11.5 Å². The van der Waals surface area contributed by atoms with Gasteiger partial charge in [-0.25, -0.2) is 4.79 Å². The maximum Gasteiger partial charge on any atom is 0.331 e. The molecule has 28 heavy (non-hydrogen) atoms. The van der Waals surface area contributed by atoms with Gasteiger partial charge in [0.05, 0.1) is 6.04 Å². The SMILES string of the molecule is C[C@@H](NC(=O)COC(=O)/C=C/c1ccc2c(c1)OCCO2)c1cccc(Cl)c1. The van der Waals surface area contributed by atoms with Crippen LogP contribution in [0.5, 0.6) is 11.5 Å². The number of ether oxygens (including phenoxy) is 3. The van der Waals surface area contributed by atoms with Crippen LogP contribution in [0.3, 0.4) is 0 Å². The summed E-state index contributed by atoms with van der Waals surface area (Å²) in [6.45, 7) is 2.47. The van der Waals surface area contributed by atoms with Crippen LogP contribution >= 0.6 is 11.6 Å². The number of rotatable bonds is 6. The quantitative estimate of drug-likeness (QED) is 0.592. The first kappa shape index (κ1) is 19.8. The predicted octanol–water partition coefficient (Wildman–Crippen LogP) is 3.55. The fraction of sp³-hybridized carbons (Fsp3) is 0.238. The standard InChI is InChI=1S/C21H20ClNO5/c1-14(16-3-2-4-17(22)12-16)23-20(24)13-28-21(25)8-6-15-5-7-18-19(11-15)27-10-9-26-18/h2-8,11-12,14H,9-10,13H2,1H3,(H,23,24)/b8-6+/t14-/m1/s1. The van der Waals surface area contributed by atoms with Crippen LogP contribution in [-0.2, 0) is 14.3 Å². The highest BCUT2D eigenvalue weighted by molar-refractivity contribution is 6.30. The second kappa shape index (κ2) is 9.28. The van der Waals surface area contributed by atoms with Crippen molar-refractivity contribution in [2.45, 2.75) is 13.0 Å². The molecule has 1 aliphatic rings. The third-order valence-corrected chi connectivity index (χ3v) is 4.28. The van der Waals surface area contributed by atoms with Crippen molar-refractivity contribution in [1.29, 1.82) is 0 Å². The molecule has 0 saturated carbocycles. The summed E-state index contributed by atoms with van der Waals surface area (Å²) in [6, 6.07) is 12.3. The van der Waals surface area contributed by atoms with Gasteiger partial charge in [0.2, 0.25) is 0 Å². The van der Waals surface area contributed by atoms with E-state index in [1.807, 2.05) is 19.1 Å². The molecule has 0 aromatic heterocycles. The molecule has 0 spiro atoms. The average Bonchev–Trinajstić information content (AvgIpc) is 2.70. The summed E-state index contributed by atoms with van der Waals surface area (Å²) in [6.07, 6.45) is 2.85. The van der Waals surface area contributed by atoms with Crippen molar-refractivity contribution in [2.24, 2.45) is 0 Å². The molecule has 1 heterocycles. The van der Waals surface area contributed by atoms with E-state index >= 15 is 0 Å². The number of halogens is 1. The van der Waals surface area contributed by atoms with Gasteiger partial charge in [0.1, 0.15) is 13.2 Å². The number of hydrogen-bond acceptors (Lipinski definition) is 5. The zero-order valence-electron chi connectivity index (χ0n) is 15.3. The van der Waals surface area contributed by atoms with E-state index in [9.17, 15) is 9.59 Å². The van der Waals surface area contributed by atoms with E-state index in [0.717, 1.165) is 11.1 Å². The Balaban J connectivity index is 1.47. The smallest absolute Gasteiger partial charge is 0.331 e. The number of carbonyl (C=O) groups is 2. The molecule has 2 aromatic carbocycles. The van der Waals surface area contributed by atoms with Crippen LogP contribution in [0, 0.1) is 0 Å². The number of esters is 1. The van der Waals surface area contributed by atoms with Crippen LogP contribution in [0.1, 0.15) is 24.1 Å². The average molecular weight is 402 g/mol. The van der Waals surface area contributed by atoms with Gasteiger partial charge in [-0.05, 0) is 48.4 Å². The molecule has 0 bridgehead atoms. The Labute approximate surface area is 168 Å². The van der Waals surface area contributed by atoms with Crippen LogP contribution in [0.25, 0.3) is 6.08 Å². The van der Waals surface area contributed by atoms with Crippen LogP contribution in [0.15, 0.2) is 48.5 Å². The van der Waals surface area contributed by atoms with Gasteiger partial charge in [0.25, 0.3) is 5.91 Å². The van der Waals surface area contributed by atoms with Crippen molar-refractivity contribution in [2.75, 3.05) is 19.8 Å². The molecule has 6 nitrogen and oxygen atoms in total. The highest BCUT2D eigenvalue weighted by Gasteiger charge is 2.12. The van der Waals surface area contributed by atoms with Gasteiger partial charge in [0.15, 0.2) is 18.1 Å². The van der Waals surface area contributed by atoms with Crippen LogP contribution in [0.4, 0.5) is 0 Å². The molecule has 0 aliphatic carbocycles. The fourth-order valence-corrected chi connectivity index (χ4v) is 2.85. The topological polar surface area (TPSA) is 73.9 Å². The van der Waals surface area contributed by atoms with Gasteiger partial charge in [-0.3, -0.25) is 4.79 Å². The van der Waals surface area contributed by atoms with E-state index in [0.29, 0.717) is 29.7 Å².